The molecular formula is C19H19N3O3. The molecule has 0 saturated carbocycles. The average molecular weight is 337 g/mol. The summed E-state index contributed by atoms with van der Waals surface area (Å²) in [5, 5.41) is 1.01. The van der Waals surface area contributed by atoms with Crippen LogP contribution >= 0.6 is 0 Å². The number of anilines is 1. The largest absolute Gasteiger partial charge is 0.497 e. The van der Waals surface area contributed by atoms with Crippen molar-refractivity contribution in [3.8, 4) is 5.75 Å². The molecular weight excluding hydrogens is 318 g/mol. The lowest BCUT2D eigenvalue weighted by Gasteiger charge is -2.18. The van der Waals surface area contributed by atoms with Crippen LogP contribution in [0.15, 0.2) is 54.7 Å². The van der Waals surface area contributed by atoms with Crippen LogP contribution in [-0.2, 0) is 11.3 Å². The number of carbonyl (C=O) groups is 2. The van der Waals surface area contributed by atoms with Crippen molar-refractivity contribution in [1.29, 1.82) is 0 Å². The number of carbonyl (C=O) groups excluding carboxylic acids is 2. The van der Waals surface area contributed by atoms with Crippen LogP contribution in [0.1, 0.15) is 10.4 Å². The first kappa shape index (κ1) is 16.6. The van der Waals surface area contributed by atoms with E-state index in [1.54, 1.807) is 43.3 Å². The Hall–Kier alpha value is -3.28. The number of fused-ring (bicyclic) bond motifs is 1. The highest BCUT2D eigenvalue weighted by Gasteiger charge is 2.13. The number of methoxy groups -OCH3 is 1. The molecule has 0 saturated heterocycles. The SMILES string of the molecule is COc1ccc2c(ccn2CC(=O)N(C)c2ccc(C(N)=O)cc2)c1. The first-order valence-electron chi connectivity index (χ1n) is 7.79. The minimum absolute atomic E-state index is 0.0693. The monoisotopic (exact) mass is 337 g/mol. The van der Waals surface area contributed by atoms with Gasteiger partial charge in [0.25, 0.3) is 0 Å². The summed E-state index contributed by atoms with van der Waals surface area (Å²) in [7, 11) is 3.33. The predicted molar refractivity (Wildman–Crippen MR) is 96.9 cm³/mol. The van der Waals surface area contributed by atoms with Crippen LogP contribution in [0.5, 0.6) is 5.75 Å². The summed E-state index contributed by atoms with van der Waals surface area (Å²) in [5.74, 6) is 0.221. The maximum Gasteiger partial charge on any atom is 0.248 e. The normalized spacial score (nSPS) is 10.6. The van der Waals surface area contributed by atoms with Gasteiger partial charge in [0.1, 0.15) is 12.3 Å². The summed E-state index contributed by atoms with van der Waals surface area (Å²) in [6.45, 7) is 0.212. The highest BCUT2D eigenvalue weighted by molar-refractivity contribution is 5.96. The fourth-order valence-corrected chi connectivity index (χ4v) is 2.69. The summed E-state index contributed by atoms with van der Waals surface area (Å²) in [6, 6.07) is 14.3. The number of benzene rings is 2. The van der Waals surface area contributed by atoms with Crippen molar-refractivity contribution in [3.05, 3.63) is 60.3 Å². The van der Waals surface area contributed by atoms with Gasteiger partial charge >= 0.3 is 0 Å². The van der Waals surface area contributed by atoms with Gasteiger partial charge in [-0.2, -0.15) is 0 Å². The van der Waals surface area contributed by atoms with Gasteiger partial charge in [-0.25, -0.2) is 0 Å². The van der Waals surface area contributed by atoms with Gasteiger partial charge in [-0.05, 0) is 48.5 Å². The van der Waals surface area contributed by atoms with E-state index < -0.39 is 5.91 Å². The minimum Gasteiger partial charge on any atom is -0.497 e. The highest BCUT2D eigenvalue weighted by atomic mass is 16.5. The Morgan fingerprint density at radius 3 is 2.48 bits per heavy atom. The Bertz CT molecular complexity index is 929. The molecule has 0 fully saturated rings. The lowest BCUT2D eigenvalue weighted by Crippen LogP contribution is -2.29. The molecule has 6 nitrogen and oxygen atoms in total. The molecule has 3 rings (SSSR count). The Balaban J connectivity index is 1.78. The smallest absolute Gasteiger partial charge is 0.248 e. The van der Waals surface area contributed by atoms with E-state index in [2.05, 4.69) is 0 Å². The van der Waals surface area contributed by atoms with Crippen molar-refractivity contribution in [3.63, 3.8) is 0 Å². The van der Waals surface area contributed by atoms with E-state index >= 15 is 0 Å². The van der Waals surface area contributed by atoms with Gasteiger partial charge < -0.3 is 19.9 Å². The van der Waals surface area contributed by atoms with Gasteiger partial charge in [0.15, 0.2) is 0 Å². The number of ether oxygens (including phenoxy) is 1. The van der Waals surface area contributed by atoms with Gasteiger partial charge in [0.2, 0.25) is 11.8 Å². The molecule has 25 heavy (non-hydrogen) atoms. The van der Waals surface area contributed by atoms with Crippen LogP contribution in [0.2, 0.25) is 0 Å². The van der Waals surface area contributed by atoms with Crippen LogP contribution in [0.3, 0.4) is 0 Å². The quantitative estimate of drug-likeness (QED) is 0.776. The molecule has 0 atom stereocenters. The first-order chi connectivity index (χ1) is 12.0. The van der Waals surface area contributed by atoms with Crippen molar-refractivity contribution in [2.24, 2.45) is 5.73 Å². The maximum atomic E-state index is 12.6. The molecule has 0 radical (unpaired) electrons. The predicted octanol–water partition coefficient (Wildman–Crippen LogP) is 2.41. The second kappa shape index (κ2) is 6.68. The Morgan fingerprint density at radius 2 is 1.84 bits per heavy atom. The molecule has 0 aliphatic rings. The zero-order valence-corrected chi connectivity index (χ0v) is 14.1. The molecule has 3 aromatic rings. The fourth-order valence-electron chi connectivity index (χ4n) is 2.69. The lowest BCUT2D eigenvalue weighted by molar-refractivity contribution is -0.118. The number of aromatic nitrogens is 1. The number of hydrogen-bond donors (Lipinski definition) is 1. The third-order valence-electron chi connectivity index (χ3n) is 4.20. The van der Waals surface area contributed by atoms with Gasteiger partial charge in [0.05, 0.1) is 7.11 Å². The highest BCUT2D eigenvalue weighted by Crippen LogP contribution is 2.22. The van der Waals surface area contributed by atoms with Crippen molar-refractivity contribution < 1.29 is 14.3 Å². The number of primary amides is 1. The van der Waals surface area contributed by atoms with E-state index in [1.165, 1.54) is 0 Å². The summed E-state index contributed by atoms with van der Waals surface area (Å²) >= 11 is 0. The van der Waals surface area contributed by atoms with E-state index in [-0.39, 0.29) is 12.5 Å². The first-order valence-corrected chi connectivity index (χ1v) is 7.79. The molecule has 2 N–H and O–H groups in total. The van der Waals surface area contributed by atoms with Crippen molar-refractivity contribution in [1.82, 2.24) is 4.57 Å². The molecule has 2 amide bonds. The van der Waals surface area contributed by atoms with E-state index in [9.17, 15) is 9.59 Å². The average Bonchev–Trinajstić information content (AvgIpc) is 3.03. The molecule has 0 unspecified atom stereocenters. The zero-order valence-electron chi connectivity index (χ0n) is 14.1. The number of hydrogen-bond acceptors (Lipinski definition) is 3. The van der Waals surface area contributed by atoms with E-state index in [1.807, 2.05) is 35.0 Å². The standard InChI is InChI=1S/C19H19N3O3/c1-21(15-5-3-13(4-6-15)19(20)24)18(23)12-22-10-9-14-11-16(25-2)7-8-17(14)22/h3-11H,12H2,1-2H3,(H2,20,24). The van der Waals surface area contributed by atoms with Crippen molar-refractivity contribution in [2.75, 3.05) is 19.1 Å². The maximum absolute atomic E-state index is 12.6. The number of nitrogens with two attached hydrogens (primary N) is 1. The Kier molecular flexibility index (Phi) is 4.43. The van der Waals surface area contributed by atoms with Gasteiger partial charge in [-0.1, -0.05) is 0 Å². The van der Waals surface area contributed by atoms with Gasteiger partial charge in [-0.3, -0.25) is 9.59 Å². The number of nitrogens with zero attached hydrogens (tertiary/aromatic N) is 2. The molecule has 0 bridgehead atoms. The molecule has 6 heteroatoms. The molecule has 128 valence electrons. The molecule has 0 aliphatic heterocycles. The van der Waals surface area contributed by atoms with Crippen LogP contribution in [0.25, 0.3) is 10.9 Å². The summed E-state index contributed by atoms with van der Waals surface area (Å²) in [5.41, 5.74) is 7.31. The zero-order chi connectivity index (χ0) is 18.0. The lowest BCUT2D eigenvalue weighted by atomic mass is 10.2. The summed E-state index contributed by atoms with van der Waals surface area (Å²) < 4.78 is 7.11. The topological polar surface area (TPSA) is 77.6 Å². The third kappa shape index (κ3) is 3.33. The molecule has 0 aliphatic carbocycles. The van der Waals surface area contributed by atoms with Gasteiger partial charge in [0, 0.05) is 35.4 Å². The Morgan fingerprint density at radius 1 is 1.12 bits per heavy atom. The Labute approximate surface area is 145 Å². The summed E-state index contributed by atoms with van der Waals surface area (Å²) in [6.07, 6.45) is 1.88. The van der Waals surface area contributed by atoms with E-state index in [0.29, 0.717) is 11.3 Å². The second-order valence-corrected chi connectivity index (χ2v) is 5.73. The molecule has 2 aromatic carbocycles. The second-order valence-electron chi connectivity index (χ2n) is 5.73. The minimum atomic E-state index is -0.491. The van der Waals surface area contributed by atoms with Crippen molar-refractivity contribution in [2.45, 2.75) is 6.54 Å². The third-order valence-corrected chi connectivity index (χ3v) is 4.20. The molecule has 1 aromatic heterocycles. The van der Waals surface area contributed by atoms with Crippen LogP contribution in [0.4, 0.5) is 5.69 Å². The molecule has 0 spiro atoms. The van der Waals surface area contributed by atoms with Crippen molar-refractivity contribution >= 4 is 28.4 Å². The molecule has 1 heterocycles. The number of rotatable bonds is 5. The van der Waals surface area contributed by atoms with E-state index in [4.69, 9.17) is 10.5 Å². The fraction of sp³-hybridized carbons (Fsp3) is 0.158. The van der Waals surface area contributed by atoms with Crippen LogP contribution in [-0.4, -0.2) is 30.5 Å². The van der Waals surface area contributed by atoms with Gasteiger partial charge in [-0.15, -0.1) is 0 Å². The van der Waals surface area contributed by atoms with Crippen LogP contribution in [0, 0.1) is 0 Å². The number of amides is 2. The number of likely N-dealkylation sites (N-methyl/N-ethyl adjacent to an activating group) is 1. The van der Waals surface area contributed by atoms with Crippen LogP contribution < -0.4 is 15.4 Å². The summed E-state index contributed by atoms with van der Waals surface area (Å²) in [4.78, 5) is 25.3. The van der Waals surface area contributed by atoms with E-state index in [0.717, 1.165) is 16.7 Å².